The van der Waals surface area contributed by atoms with Gasteiger partial charge in [-0.2, -0.15) is 0 Å². The number of carbonyl (C=O) groups is 2. The quantitative estimate of drug-likeness (QED) is 0.199. The van der Waals surface area contributed by atoms with Crippen LogP contribution in [0.5, 0.6) is 0 Å². The number of rotatable bonds is 10. The van der Waals surface area contributed by atoms with Crippen molar-refractivity contribution in [2.75, 3.05) is 24.5 Å². The van der Waals surface area contributed by atoms with Gasteiger partial charge in [0.2, 0.25) is 5.91 Å². The molecule has 5 rings (SSSR count). The number of carbonyl (C=O) groups excluding carboxylic acids is 2. The van der Waals surface area contributed by atoms with Crippen LogP contribution in [-0.4, -0.2) is 31.3 Å². The maximum absolute atomic E-state index is 13.3. The van der Waals surface area contributed by atoms with Crippen LogP contribution in [0.3, 0.4) is 0 Å². The van der Waals surface area contributed by atoms with Gasteiger partial charge in [0, 0.05) is 42.3 Å². The molecule has 41 heavy (non-hydrogen) atoms. The van der Waals surface area contributed by atoms with E-state index in [4.69, 9.17) is 11.6 Å². The van der Waals surface area contributed by atoms with Gasteiger partial charge in [0.15, 0.2) is 5.78 Å². The van der Waals surface area contributed by atoms with Gasteiger partial charge in [-0.05, 0) is 71.7 Å². The van der Waals surface area contributed by atoms with Gasteiger partial charge >= 0.3 is 0 Å². The summed E-state index contributed by atoms with van der Waals surface area (Å²) in [5, 5.41) is 3.79. The lowest BCUT2D eigenvalue weighted by molar-refractivity contribution is -0.124. The Hall–Kier alpha value is -3.89. The van der Waals surface area contributed by atoms with Crippen molar-refractivity contribution in [1.29, 1.82) is 0 Å². The fourth-order valence-corrected chi connectivity index (χ4v) is 6.08. The molecule has 1 aliphatic rings. The summed E-state index contributed by atoms with van der Waals surface area (Å²) in [4.78, 5) is 28.9. The Bertz CT molecular complexity index is 1460. The molecule has 1 saturated heterocycles. The Balaban J connectivity index is 1.23. The van der Waals surface area contributed by atoms with Crippen LogP contribution in [0.1, 0.15) is 53.6 Å². The predicted molar refractivity (Wildman–Crippen MR) is 169 cm³/mol. The lowest BCUT2D eigenvalue weighted by Crippen LogP contribution is -2.40. The number of nitrogens with zero attached hydrogens (tertiary/aromatic N) is 1. The molecule has 0 aromatic heterocycles. The molecule has 4 nitrogen and oxygen atoms in total. The molecule has 0 aliphatic carbocycles. The number of Topliss-reactive ketones (excluding diaryl/α,β-unsaturated/α-hetero) is 1. The van der Waals surface area contributed by atoms with Crippen LogP contribution in [0, 0.1) is 5.92 Å². The van der Waals surface area contributed by atoms with E-state index < -0.39 is 0 Å². The fraction of sp³-hybridized carbons (Fsp3) is 0.278. The summed E-state index contributed by atoms with van der Waals surface area (Å²) in [6.45, 7) is 4.60. The molecule has 1 fully saturated rings. The van der Waals surface area contributed by atoms with Crippen LogP contribution in [0.25, 0.3) is 11.1 Å². The van der Waals surface area contributed by atoms with Crippen molar-refractivity contribution in [3.8, 4) is 11.1 Å². The van der Waals surface area contributed by atoms with Gasteiger partial charge in [-0.3, -0.25) is 9.59 Å². The van der Waals surface area contributed by atoms with Crippen molar-refractivity contribution in [3.63, 3.8) is 0 Å². The maximum Gasteiger partial charge on any atom is 0.227 e. The Morgan fingerprint density at radius 2 is 1.59 bits per heavy atom. The largest absolute Gasteiger partial charge is 0.372 e. The van der Waals surface area contributed by atoms with E-state index in [0.29, 0.717) is 29.5 Å². The van der Waals surface area contributed by atoms with E-state index in [1.54, 1.807) is 0 Å². The van der Waals surface area contributed by atoms with Crippen LogP contribution < -0.4 is 10.2 Å². The van der Waals surface area contributed by atoms with Crippen LogP contribution >= 0.6 is 11.6 Å². The predicted octanol–water partition coefficient (Wildman–Crippen LogP) is 7.96. The van der Waals surface area contributed by atoms with Gasteiger partial charge in [0.05, 0.1) is 5.92 Å². The van der Waals surface area contributed by atoms with E-state index in [1.165, 1.54) is 0 Å². The smallest absolute Gasteiger partial charge is 0.227 e. The zero-order valence-corrected chi connectivity index (χ0v) is 24.3. The third kappa shape index (κ3) is 7.07. The molecule has 1 aliphatic heterocycles. The fourth-order valence-electron chi connectivity index (χ4n) is 5.89. The topological polar surface area (TPSA) is 49.4 Å². The zero-order valence-electron chi connectivity index (χ0n) is 23.6. The first-order chi connectivity index (χ1) is 20.0. The normalized spacial score (nSPS) is 14.4. The molecule has 1 heterocycles. The minimum Gasteiger partial charge on any atom is -0.372 e. The third-order valence-electron chi connectivity index (χ3n) is 8.03. The summed E-state index contributed by atoms with van der Waals surface area (Å²) >= 11 is 6.21. The molecule has 4 aromatic rings. The highest BCUT2D eigenvalue weighted by Crippen LogP contribution is 2.35. The molecule has 0 saturated carbocycles. The Morgan fingerprint density at radius 1 is 0.878 bits per heavy atom. The van der Waals surface area contributed by atoms with E-state index >= 15 is 0 Å². The van der Waals surface area contributed by atoms with Gasteiger partial charge in [-0.25, -0.2) is 0 Å². The van der Waals surface area contributed by atoms with Crippen LogP contribution in [0.15, 0.2) is 103 Å². The first-order valence-electron chi connectivity index (χ1n) is 14.6. The van der Waals surface area contributed by atoms with Crippen molar-refractivity contribution in [2.24, 2.45) is 5.92 Å². The highest BCUT2D eigenvalue weighted by Gasteiger charge is 2.32. The summed E-state index contributed by atoms with van der Waals surface area (Å²) in [6.07, 6.45) is 3.19. The third-order valence-corrected chi connectivity index (χ3v) is 8.27. The van der Waals surface area contributed by atoms with Crippen molar-refractivity contribution in [1.82, 2.24) is 5.32 Å². The number of amides is 1. The molecule has 1 N–H and O–H groups in total. The first kappa shape index (κ1) is 28.6. The maximum atomic E-state index is 13.3. The summed E-state index contributed by atoms with van der Waals surface area (Å²) in [5.74, 6) is 0.417. The number of piperidine rings is 1. The van der Waals surface area contributed by atoms with Crippen molar-refractivity contribution >= 4 is 29.0 Å². The second-order valence-corrected chi connectivity index (χ2v) is 11.3. The minimum atomic E-state index is -0.118. The molecule has 0 bridgehead atoms. The number of hydrogen-bond acceptors (Lipinski definition) is 3. The first-order valence-corrected chi connectivity index (χ1v) is 15.0. The zero-order chi connectivity index (χ0) is 28.6. The Kier molecular flexibility index (Phi) is 9.53. The Morgan fingerprint density at radius 3 is 2.29 bits per heavy atom. The minimum absolute atomic E-state index is 0.0856. The number of anilines is 1. The Labute approximate surface area is 248 Å². The lowest BCUT2D eigenvalue weighted by Gasteiger charge is -2.37. The summed E-state index contributed by atoms with van der Waals surface area (Å²) < 4.78 is 0. The second-order valence-electron chi connectivity index (χ2n) is 10.8. The summed E-state index contributed by atoms with van der Waals surface area (Å²) in [6, 6.07) is 33.9. The highest BCUT2D eigenvalue weighted by atomic mass is 35.5. The molecular weight excluding hydrogens is 528 g/mol. The van der Waals surface area contributed by atoms with Gasteiger partial charge in [-0.1, -0.05) is 97.4 Å². The SMILES string of the molecule is CCCNC(=O)C(c1ccccc1)C1CCN(c2ccc(CC(=O)c3ccccc3-c3cccc(Cl)c3)cc2)CC1. The second kappa shape index (κ2) is 13.6. The van der Waals surface area contributed by atoms with Crippen LogP contribution in [-0.2, 0) is 11.2 Å². The average molecular weight is 565 g/mol. The van der Waals surface area contributed by atoms with E-state index in [9.17, 15) is 9.59 Å². The van der Waals surface area contributed by atoms with E-state index in [0.717, 1.165) is 60.3 Å². The molecule has 210 valence electrons. The lowest BCUT2D eigenvalue weighted by atomic mass is 9.79. The molecule has 4 aromatic carbocycles. The molecule has 5 heteroatoms. The van der Waals surface area contributed by atoms with Gasteiger partial charge in [-0.15, -0.1) is 0 Å². The number of ketones is 1. The molecule has 1 atom stereocenters. The van der Waals surface area contributed by atoms with Crippen LogP contribution in [0.4, 0.5) is 5.69 Å². The van der Waals surface area contributed by atoms with Gasteiger partial charge in [0.25, 0.3) is 0 Å². The number of nitrogens with one attached hydrogen (secondary N) is 1. The molecule has 0 radical (unpaired) electrons. The van der Waals surface area contributed by atoms with Gasteiger partial charge < -0.3 is 10.2 Å². The van der Waals surface area contributed by atoms with Crippen molar-refractivity contribution in [3.05, 3.63) is 125 Å². The summed E-state index contributed by atoms with van der Waals surface area (Å²) in [7, 11) is 0. The number of halogens is 1. The van der Waals surface area contributed by atoms with E-state index in [-0.39, 0.29) is 17.6 Å². The molecular formula is C36H37ClN2O2. The molecule has 1 unspecified atom stereocenters. The number of benzene rings is 4. The van der Waals surface area contributed by atoms with Gasteiger partial charge in [0.1, 0.15) is 0 Å². The van der Waals surface area contributed by atoms with E-state index in [1.807, 2.05) is 66.7 Å². The van der Waals surface area contributed by atoms with E-state index in [2.05, 4.69) is 53.5 Å². The monoisotopic (exact) mass is 564 g/mol. The molecule has 0 spiro atoms. The van der Waals surface area contributed by atoms with Crippen molar-refractivity contribution in [2.45, 2.75) is 38.5 Å². The standard InChI is InChI=1S/C36H37ClN2O2/c1-2-21-38-36(41)35(27-9-4-3-5-10-27)28-19-22-39(23-20-28)31-17-15-26(16-18-31)24-34(40)33-14-7-6-13-32(33)29-11-8-12-30(37)25-29/h3-18,25,28,35H,2,19-24H2,1H3,(H,38,41). The highest BCUT2D eigenvalue weighted by molar-refractivity contribution is 6.30. The van der Waals surface area contributed by atoms with Crippen LogP contribution in [0.2, 0.25) is 5.02 Å². The summed E-state index contributed by atoms with van der Waals surface area (Å²) in [5.41, 5.74) is 5.80. The number of hydrogen-bond donors (Lipinski definition) is 1. The molecule has 1 amide bonds. The average Bonchev–Trinajstić information content (AvgIpc) is 3.01. The van der Waals surface area contributed by atoms with Crippen molar-refractivity contribution < 1.29 is 9.59 Å².